The molecule has 1 fully saturated rings. The number of hydrogen-bond donors (Lipinski definition) is 3. The average molecular weight is 380 g/mol. The second-order valence-electron chi connectivity index (χ2n) is 7.23. The van der Waals surface area contributed by atoms with E-state index in [1.54, 1.807) is 0 Å². The van der Waals surface area contributed by atoms with Gasteiger partial charge in [0.05, 0.1) is 12.1 Å². The van der Waals surface area contributed by atoms with Crippen LogP contribution in [0.25, 0.3) is 0 Å². The van der Waals surface area contributed by atoms with Crippen LogP contribution >= 0.6 is 12.2 Å². The molecule has 3 N–H and O–H groups in total. The number of aryl methyl sites for hydroxylation is 2. The lowest BCUT2D eigenvalue weighted by atomic mass is 9.78. The van der Waals surface area contributed by atoms with E-state index < -0.39 is 5.97 Å². The van der Waals surface area contributed by atoms with Crippen molar-refractivity contribution in [2.24, 2.45) is 16.9 Å². The number of nitrogens with one attached hydrogen (secondary N) is 2. The van der Waals surface area contributed by atoms with Crippen molar-refractivity contribution in [3.63, 3.8) is 0 Å². The number of carbonyl (C=O) groups is 1. The Morgan fingerprint density at radius 3 is 2.85 bits per heavy atom. The molecule has 1 aromatic rings. The van der Waals surface area contributed by atoms with Crippen LogP contribution in [0.5, 0.6) is 0 Å². The summed E-state index contributed by atoms with van der Waals surface area (Å²) >= 11 is 5.39. The Balaban J connectivity index is 1.92. The van der Waals surface area contributed by atoms with Gasteiger partial charge in [0.15, 0.2) is 5.11 Å². The first-order valence-corrected chi connectivity index (χ1v) is 9.61. The molecular formula is C19H29N3O3S. The molecule has 1 aliphatic carbocycles. The molecule has 26 heavy (non-hydrogen) atoms. The molecular weight excluding hydrogens is 350 g/mol. The van der Waals surface area contributed by atoms with Crippen molar-refractivity contribution in [1.82, 2.24) is 10.7 Å². The van der Waals surface area contributed by atoms with Crippen molar-refractivity contribution >= 4 is 29.0 Å². The molecule has 1 saturated carbocycles. The van der Waals surface area contributed by atoms with Crippen LogP contribution in [-0.2, 0) is 11.2 Å². The first-order chi connectivity index (χ1) is 12.3. The minimum Gasteiger partial charge on any atom is -0.481 e. The number of carboxylic acid groups (broad SMARTS) is 1. The molecule has 2 rings (SSSR count). The number of carboxylic acids is 1. The predicted molar refractivity (Wildman–Crippen MR) is 106 cm³/mol. The van der Waals surface area contributed by atoms with Gasteiger partial charge in [0, 0.05) is 18.0 Å². The van der Waals surface area contributed by atoms with Gasteiger partial charge in [-0.25, -0.2) is 0 Å². The first kappa shape index (κ1) is 20.4. The third kappa shape index (κ3) is 5.56. The second-order valence-corrected chi connectivity index (χ2v) is 7.64. The van der Waals surface area contributed by atoms with Gasteiger partial charge >= 0.3 is 5.97 Å². The Hall–Kier alpha value is -1.89. The smallest absolute Gasteiger partial charge is 0.303 e. The molecule has 0 amide bonds. The summed E-state index contributed by atoms with van der Waals surface area (Å²) in [7, 11) is 0. The summed E-state index contributed by atoms with van der Waals surface area (Å²) in [4.78, 5) is 10.7. The highest BCUT2D eigenvalue weighted by atomic mass is 32.1. The minimum atomic E-state index is -0.838. The van der Waals surface area contributed by atoms with Crippen LogP contribution in [0.4, 0.5) is 0 Å². The SMILES string of the molecule is C/C(=N/NC(=S)N[C@@H]1CCC[C@@H](C)[C@@H]1C)c1cc(CCC(=O)O)oc1C. The number of nitrogens with zero attached hydrogens (tertiary/aromatic N) is 1. The molecule has 0 aromatic carbocycles. The van der Waals surface area contributed by atoms with E-state index in [0.717, 1.165) is 23.5 Å². The molecule has 1 aliphatic rings. The fourth-order valence-corrected chi connectivity index (χ4v) is 3.63. The van der Waals surface area contributed by atoms with Crippen molar-refractivity contribution < 1.29 is 14.3 Å². The largest absolute Gasteiger partial charge is 0.481 e. The standard InChI is InChI=1S/C19H29N3O3S/c1-11-6-5-7-17(12(11)2)20-19(26)22-21-13(3)16-10-15(25-14(16)4)8-9-18(23)24/h10-12,17H,5-9H2,1-4H3,(H,23,24)(H2,20,22,26)/b21-13-/t11-,12+,17-/m1/s1. The second kappa shape index (κ2) is 9.16. The Kier molecular flexibility index (Phi) is 7.20. The Bertz CT molecular complexity index is 684. The van der Waals surface area contributed by atoms with E-state index >= 15 is 0 Å². The van der Waals surface area contributed by atoms with Crippen molar-refractivity contribution in [3.05, 3.63) is 23.2 Å². The van der Waals surface area contributed by atoms with Gasteiger partial charge in [-0.2, -0.15) is 5.10 Å². The fraction of sp³-hybridized carbons (Fsp3) is 0.632. The van der Waals surface area contributed by atoms with Gasteiger partial charge in [0.2, 0.25) is 0 Å². The molecule has 1 aromatic heterocycles. The molecule has 144 valence electrons. The lowest BCUT2D eigenvalue weighted by molar-refractivity contribution is -0.137. The van der Waals surface area contributed by atoms with Crippen LogP contribution < -0.4 is 10.7 Å². The minimum absolute atomic E-state index is 0.0484. The summed E-state index contributed by atoms with van der Waals surface area (Å²) in [5.41, 5.74) is 4.54. The fourth-order valence-electron chi connectivity index (χ4n) is 3.44. The summed E-state index contributed by atoms with van der Waals surface area (Å²) in [6.07, 6.45) is 4.05. The van der Waals surface area contributed by atoms with E-state index in [1.807, 2.05) is 19.9 Å². The van der Waals surface area contributed by atoms with Crippen molar-refractivity contribution in [2.75, 3.05) is 0 Å². The molecule has 0 saturated heterocycles. The van der Waals surface area contributed by atoms with E-state index in [1.165, 1.54) is 12.8 Å². The van der Waals surface area contributed by atoms with Crippen LogP contribution in [0.3, 0.4) is 0 Å². The number of rotatable bonds is 6. The van der Waals surface area contributed by atoms with E-state index in [-0.39, 0.29) is 6.42 Å². The Morgan fingerprint density at radius 1 is 1.42 bits per heavy atom. The number of hydrogen-bond acceptors (Lipinski definition) is 4. The van der Waals surface area contributed by atoms with Gasteiger partial charge in [0.25, 0.3) is 0 Å². The quantitative estimate of drug-likeness (QED) is 0.398. The number of thiocarbonyl (C=S) groups is 1. The molecule has 3 atom stereocenters. The highest BCUT2D eigenvalue weighted by Gasteiger charge is 2.27. The molecule has 7 heteroatoms. The molecule has 1 heterocycles. The zero-order valence-corrected chi connectivity index (χ0v) is 16.8. The predicted octanol–water partition coefficient (Wildman–Crippen LogP) is 3.62. The maximum Gasteiger partial charge on any atom is 0.303 e. The first-order valence-electron chi connectivity index (χ1n) is 9.20. The summed E-state index contributed by atoms with van der Waals surface area (Å²) in [5, 5.41) is 17.1. The van der Waals surface area contributed by atoms with Gasteiger partial charge in [-0.3, -0.25) is 10.2 Å². The number of hydrazone groups is 1. The Labute approximate surface area is 160 Å². The monoisotopic (exact) mass is 379 g/mol. The van der Waals surface area contributed by atoms with Crippen LogP contribution in [0.1, 0.15) is 63.5 Å². The van der Waals surface area contributed by atoms with E-state index in [2.05, 4.69) is 29.7 Å². The molecule has 0 aliphatic heterocycles. The van der Waals surface area contributed by atoms with Crippen LogP contribution in [0.2, 0.25) is 0 Å². The average Bonchev–Trinajstić information content (AvgIpc) is 2.96. The molecule has 0 radical (unpaired) electrons. The van der Waals surface area contributed by atoms with Gasteiger partial charge in [0.1, 0.15) is 11.5 Å². The van der Waals surface area contributed by atoms with E-state index in [4.69, 9.17) is 21.7 Å². The third-order valence-electron chi connectivity index (χ3n) is 5.29. The third-order valence-corrected chi connectivity index (χ3v) is 5.50. The van der Waals surface area contributed by atoms with E-state index in [9.17, 15) is 4.79 Å². The van der Waals surface area contributed by atoms with Crippen LogP contribution in [0, 0.1) is 18.8 Å². The maximum atomic E-state index is 10.7. The lowest BCUT2D eigenvalue weighted by Gasteiger charge is -2.35. The molecule has 6 nitrogen and oxygen atoms in total. The van der Waals surface area contributed by atoms with Gasteiger partial charge < -0.3 is 14.8 Å². The summed E-state index contributed by atoms with van der Waals surface area (Å²) < 4.78 is 5.62. The highest BCUT2D eigenvalue weighted by molar-refractivity contribution is 7.80. The zero-order chi connectivity index (χ0) is 19.3. The molecule has 0 spiro atoms. The van der Waals surface area contributed by atoms with Gasteiger partial charge in [-0.1, -0.05) is 26.7 Å². The molecule has 0 bridgehead atoms. The maximum absolute atomic E-state index is 10.7. The summed E-state index contributed by atoms with van der Waals surface area (Å²) in [6.45, 7) is 8.28. The summed E-state index contributed by atoms with van der Waals surface area (Å²) in [5.74, 6) is 1.83. The highest BCUT2D eigenvalue weighted by Crippen LogP contribution is 2.29. The Morgan fingerprint density at radius 2 is 2.15 bits per heavy atom. The van der Waals surface area contributed by atoms with E-state index in [0.29, 0.717) is 35.2 Å². The van der Waals surface area contributed by atoms with Gasteiger partial charge in [-0.15, -0.1) is 0 Å². The topological polar surface area (TPSA) is 86.9 Å². The zero-order valence-electron chi connectivity index (χ0n) is 16.0. The lowest BCUT2D eigenvalue weighted by Crippen LogP contribution is -2.46. The normalized spacial score (nSPS) is 23.5. The van der Waals surface area contributed by atoms with Crippen LogP contribution in [-0.4, -0.2) is 27.9 Å². The summed E-state index contributed by atoms with van der Waals surface area (Å²) in [6, 6.07) is 2.23. The van der Waals surface area contributed by atoms with Crippen molar-refractivity contribution in [3.8, 4) is 0 Å². The number of aliphatic carboxylic acids is 1. The van der Waals surface area contributed by atoms with Crippen molar-refractivity contribution in [2.45, 2.75) is 65.8 Å². The van der Waals surface area contributed by atoms with Gasteiger partial charge in [-0.05, 0) is 50.4 Å². The van der Waals surface area contributed by atoms with Crippen molar-refractivity contribution in [1.29, 1.82) is 0 Å². The number of furan rings is 1. The molecule has 0 unspecified atom stereocenters. The van der Waals surface area contributed by atoms with Crippen LogP contribution in [0.15, 0.2) is 15.6 Å².